The summed E-state index contributed by atoms with van der Waals surface area (Å²) >= 11 is 0. The van der Waals surface area contributed by atoms with E-state index in [2.05, 4.69) is 41.9 Å². The highest BCUT2D eigenvalue weighted by Gasteiger charge is 2.35. The van der Waals surface area contributed by atoms with Crippen LogP contribution in [0.25, 0.3) is 0 Å². The van der Waals surface area contributed by atoms with E-state index in [4.69, 9.17) is 10.5 Å². The number of hydrogen-bond donors (Lipinski definition) is 2. The van der Waals surface area contributed by atoms with Crippen LogP contribution in [0.4, 0.5) is 14.9 Å². The van der Waals surface area contributed by atoms with Gasteiger partial charge < -0.3 is 15.8 Å². The number of hydrogen-bond acceptors (Lipinski definition) is 4. The number of nitrogens with one attached hydrogen (secondary N) is 1. The molecule has 1 atom stereocenters. The summed E-state index contributed by atoms with van der Waals surface area (Å²) in [6.07, 6.45) is 1.03. The first-order chi connectivity index (χ1) is 15.3. The fourth-order valence-electron chi connectivity index (χ4n) is 2.78. The van der Waals surface area contributed by atoms with Gasteiger partial charge >= 0.3 is 6.03 Å². The standard InChI is InChI=1S/C16H19FN4O2.C6H15OP.C2H6/c1-5-21-10(3)13(14(18)22)15(20(4)16(21)23)19-12-7-6-9(2)8-11(12)17;1-6(2,3)7-4-5-8;1-2/h6-8,19H,3,5H2,1-2,4H3,(H2,18,22);4-5,8H2,1-3H3;1-2H3. The van der Waals surface area contributed by atoms with Gasteiger partial charge in [0.25, 0.3) is 5.91 Å². The minimum atomic E-state index is -0.747. The van der Waals surface area contributed by atoms with Crippen molar-refractivity contribution in [3.05, 3.63) is 53.2 Å². The zero-order chi connectivity index (χ0) is 25.9. The van der Waals surface area contributed by atoms with Crippen molar-refractivity contribution >= 4 is 26.9 Å². The van der Waals surface area contributed by atoms with Crippen molar-refractivity contribution in [2.24, 2.45) is 5.73 Å². The van der Waals surface area contributed by atoms with Crippen molar-refractivity contribution in [2.75, 3.05) is 31.7 Å². The molecule has 0 radical (unpaired) electrons. The molecule has 7 nitrogen and oxygen atoms in total. The second-order valence-electron chi connectivity index (χ2n) is 7.98. The first-order valence-corrected chi connectivity index (χ1v) is 11.8. The Morgan fingerprint density at radius 1 is 1.30 bits per heavy atom. The van der Waals surface area contributed by atoms with E-state index in [1.54, 1.807) is 19.9 Å². The van der Waals surface area contributed by atoms with Gasteiger partial charge in [0.05, 0.1) is 23.6 Å². The Balaban J connectivity index is 0.000000868. The van der Waals surface area contributed by atoms with Gasteiger partial charge in [0.2, 0.25) is 0 Å². The fourth-order valence-corrected chi connectivity index (χ4v) is 2.89. The number of carbonyl (C=O) groups is 2. The highest BCUT2D eigenvalue weighted by Crippen LogP contribution is 2.29. The SMILES string of the molecule is C=C1C(C(N)=O)=C(Nc2ccc(C)cc2F)N(C)C(=O)N1CC.CC.CC(C)(C)OCCP. The summed E-state index contributed by atoms with van der Waals surface area (Å²) in [5, 5.41) is 2.78. The van der Waals surface area contributed by atoms with E-state index in [1.165, 1.54) is 29.0 Å². The Morgan fingerprint density at radius 2 is 1.88 bits per heavy atom. The summed E-state index contributed by atoms with van der Waals surface area (Å²) in [5.74, 6) is -1.13. The zero-order valence-electron chi connectivity index (χ0n) is 21.2. The van der Waals surface area contributed by atoms with Gasteiger partial charge in [-0.1, -0.05) is 26.5 Å². The Kier molecular flexibility index (Phi) is 12.9. The van der Waals surface area contributed by atoms with Gasteiger partial charge in [-0.2, -0.15) is 0 Å². The Labute approximate surface area is 200 Å². The molecule has 0 spiro atoms. The first kappa shape index (κ1) is 30.6. The number of nitrogens with zero attached hydrogens (tertiary/aromatic N) is 2. The summed E-state index contributed by atoms with van der Waals surface area (Å²) in [4.78, 5) is 26.7. The van der Waals surface area contributed by atoms with Gasteiger partial charge in [-0.3, -0.25) is 14.6 Å². The van der Waals surface area contributed by atoms with Gasteiger partial charge in [0.15, 0.2) is 0 Å². The van der Waals surface area contributed by atoms with E-state index in [9.17, 15) is 14.0 Å². The van der Waals surface area contributed by atoms with Crippen LogP contribution in [-0.4, -0.2) is 53.7 Å². The summed E-state index contributed by atoms with van der Waals surface area (Å²) in [7, 11) is 4.11. The summed E-state index contributed by atoms with van der Waals surface area (Å²) in [6.45, 7) is 18.7. The van der Waals surface area contributed by atoms with E-state index in [-0.39, 0.29) is 34.4 Å². The van der Waals surface area contributed by atoms with Crippen molar-refractivity contribution in [3.8, 4) is 0 Å². The number of urea groups is 1. The molecular weight excluding hydrogens is 442 g/mol. The molecule has 1 aliphatic heterocycles. The minimum absolute atomic E-state index is 0.0383. The molecule has 186 valence electrons. The molecule has 3 N–H and O–H groups in total. The van der Waals surface area contributed by atoms with E-state index in [0.717, 1.165) is 18.3 Å². The fraction of sp³-hybridized carbons (Fsp3) is 0.500. The van der Waals surface area contributed by atoms with Gasteiger partial charge in [-0.15, -0.1) is 9.24 Å². The molecule has 1 aromatic rings. The molecule has 1 aromatic carbocycles. The molecular formula is C24H40FN4O3P. The van der Waals surface area contributed by atoms with Crippen LogP contribution in [0.15, 0.2) is 41.9 Å². The summed E-state index contributed by atoms with van der Waals surface area (Å²) < 4.78 is 19.4. The number of anilines is 1. The number of carbonyl (C=O) groups excluding carboxylic acids is 2. The van der Waals surface area contributed by atoms with Crippen LogP contribution in [0.5, 0.6) is 0 Å². The second kappa shape index (κ2) is 14.0. The van der Waals surface area contributed by atoms with Crippen LogP contribution in [0.3, 0.4) is 0 Å². The lowest BCUT2D eigenvalue weighted by Gasteiger charge is -2.37. The predicted octanol–water partition coefficient (Wildman–Crippen LogP) is 4.85. The Morgan fingerprint density at radius 3 is 2.27 bits per heavy atom. The van der Waals surface area contributed by atoms with Crippen LogP contribution >= 0.6 is 9.24 Å². The minimum Gasteiger partial charge on any atom is -0.376 e. The molecule has 0 aromatic heterocycles. The number of halogens is 1. The maximum absolute atomic E-state index is 14.1. The Hall–Kier alpha value is -2.44. The van der Waals surface area contributed by atoms with Crippen molar-refractivity contribution in [1.82, 2.24) is 9.80 Å². The van der Waals surface area contributed by atoms with Crippen molar-refractivity contribution < 1.29 is 18.7 Å². The van der Waals surface area contributed by atoms with Crippen LogP contribution < -0.4 is 11.1 Å². The molecule has 3 amide bonds. The molecule has 0 aliphatic carbocycles. The first-order valence-electron chi connectivity index (χ1n) is 11.0. The maximum Gasteiger partial charge on any atom is 0.329 e. The second-order valence-corrected chi connectivity index (χ2v) is 8.56. The quantitative estimate of drug-likeness (QED) is 0.568. The smallest absolute Gasteiger partial charge is 0.329 e. The Bertz CT molecular complexity index is 866. The van der Waals surface area contributed by atoms with Crippen LogP contribution in [0.2, 0.25) is 0 Å². The predicted molar refractivity (Wildman–Crippen MR) is 137 cm³/mol. The van der Waals surface area contributed by atoms with E-state index in [1.807, 2.05) is 13.8 Å². The maximum atomic E-state index is 14.1. The van der Waals surface area contributed by atoms with Crippen molar-refractivity contribution in [3.63, 3.8) is 0 Å². The molecule has 0 saturated heterocycles. The molecule has 1 heterocycles. The number of likely N-dealkylation sites (N-methyl/N-ethyl adjacent to an activating group) is 1. The highest BCUT2D eigenvalue weighted by molar-refractivity contribution is 7.16. The number of nitrogens with two attached hydrogens (primary N) is 1. The molecule has 0 saturated carbocycles. The third-order valence-corrected chi connectivity index (χ3v) is 4.53. The zero-order valence-corrected chi connectivity index (χ0v) is 22.4. The average Bonchev–Trinajstić information content (AvgIpc) is 2.73. The largest absolute Gasteiger partial charge is 0.376 e. The number of benzene rings is 1. The van der Waals surface area contributed by atoms with E-state index >= 15 is 0 Å². The molecule has 1 aliphatic rings. The number of amides is 3. The van der Waals surface area contributed by atoms with Gasteiger partial charge in [-0.05, 0) is 58.5 Å². The third-order valence-electron chi connectivity index (χ3n) is 4.30. The van der Waals surface area contributed by atoms with E-state index in [0.29, 0.717) is 6.54 Å². The van der Waals surface area contributed by atoms with Crippen molar-refractivity contribution in [2.45, 2.75) is 54.1 Å². The summed E-state index contributed by atoms with van der Waals surface area (Å²) in [6, 6.07) is 4.22. The van der Waals surface area contributed by atoms with Crippen LogP contribution in [0.1, 0.15) is 47.1 Å². The number of primary amides is 1. The average molecular weight is 483 g/mol. The monoisotopic (exact) mass is 482 g/mol. The lowest BCUT2D eigenvalue weighted by atomic mass is 10.1. The molecule has 0 fully saturated rings. The lowest BCUT2D eigenvalue weighted by Crippen LogP contribution is -2.48. The number of ether oxygens (including phenoxy) is 1. The van der Waals surface area contributed by atoms with Gasteiger partial charge in [0, 0.05) is 13.6 Å². The van der Waals surface area contributed by atoms with Gasteiger partial charge in [-0.25, -0.2) is 9.18 Å². The molecule has 1 unspecified atom stereocenters. The number of rotatable bonds is 6. The van der Waals surface area contributed by atoms with Gasteiger partial charge in [0.1, 0.15) is 17.2 Å². The molecule has 0 bridgehead atoms. The van der Waals surface area contributed by atoms with Crippen LogP contribution in [0, 0.1) is 12.7 Å². The topological polar surface area (TPSA) is 87.9 Å². The molecule has 9 heteroatoms. The normalized spacial score (nSPS) is 13.8. The summed E-state index contributed by atoms with van der Waals surface area (Å²) in [5.41, 5.74) is 6.61. The number of aryl methyl sites for hydroxylation is 1. The van der Waals surface area contributed by atoms with Crippen molar-refractivity contribution in [1.29, 1.82) is 0 Å². The lowest BCUT2D eigenvalue weighted by molar-refractivity contribution is -0.114. The molecule has 2 rings (SSSR count). The third kappa shape index (κ3) is 9.14. The van der Waals surface area contributed by atoms with Crippen LogP contribution in [-0.2, 0) is 9.53 Å². The molecule has 33 heavy (non-hydrogen) atoms. The van der Waals surface area contributed by atoms with E-state index < -0.39 is 11.7 Å². The highest BCUT2D eigenvalue weighted by atomic mass is 31.0.